The monoisotopic (exact) mass is 199 g/mol. The van der Waals surface area contributed by atoms with E-state index in [1.807, 2.05) is 6.20 Å². The quantitative estimate of drug-likeness (QED) is 0.628. The second kappa shape index (κ2) is 3.34. The molecule has 0 saturated carbocycles. The van der Waals surface area contributed by atoms with E-state index < -0.39 is 0 Å². The van der Waals surface area contributed by atoms with Crippen LogP contribution in [0.3, 0.4) is 0 Å². The molecule has 0 bridgehead atoms. The molecule has 0 atom stereocenters. The summed E-state index contributed by atoms with van der Waals surface area (Å²) in [5.74, 6) is 0. The minimum absolute atomic E-state index is 0.173. The van der Waals surface area contributed by atoms with Crippen LogP contribution in [0.1, 0.15) is 31.9 Å². The van der Waals surface area contributed by atoms with E-state index in [2.05, 4.69) is 56.9 Å². The highest BCUT2D eigenvalue weighted by Gasteiger charge is 2.14. The van der Waals surface area contributed by atoms with Gasteiger partial charge in [0.1, 0.15) is 0 Å². The number of aryl methyl sites for hydroxylation is 1. The van der Waals surface area contributed by atoms with Gasteiger partial charge in [-0.3, -0.25) is 4.98 Å². The number of fused-ring (bicyclic) bond motifs is 1. The zero-order chi connectivity index (χ0) is 11.1. The van der Waals surface area contributed by atoms with E-state index in [0.29, 0.717) is 0 Å². The Labute approximate surface area is 91.2 Å². The van der Waals surface area contributed by atoms with Crippen LogP contribution in [0.15, 0.2) is 30.5 Å². The van der Waals surface area contributed by atoms with Gasteiger partial charge in [-0.2, -0.15) is 0 Å². The topological polar surface area (TPSA) is 12.9 Å². The van der Waals surface area contributed by atoms with Crippen molar-refractivity contribution in [2.24, 2.45) is 0 Å². The van der Waals surface area contributed by atoms with E-state index in [4.69, 9.17) is 0 Å². The lowest BCUT2D eigenvalue weighted by Gasteiger charge is -2.18. The van der Waals surface area contributed by atoms with Crippen LogP contribution < -0.4 is 0 Å². The van der Waals surface area contributed by atoms with Gasteiger partial charge in [0, 0.05) is 11.6 Å². The van der Waals surface area contributed by atoms with Crippen LogP contribution in [0.2, 0.25) is 0 Å². The SMILES string of the molecule is Cc1ccc2cc(C(C)(C)C)cnc2c1. The van der Waals surface area contributed by atoms with Gasteiger partial charge in [-0.25, -0.2) is 0 Å². The van der Waals surface area contributed by atoms with E-state index in [-0.39, 0.29) is 5.41 Å². The maximum absolute atomic E-state index is 4.51. The summed E-state index contributed by atoms with van der Waals surface area (Å²) in [5.41, 5.74) is 3.81. The first-order valence-corrected chi connectivity index (χ1v) is 5.34. The second-order valence-electron chi connectivity index (χ2n) is 5.17. The molecule has 0 unspecified atom stereocenters. The normalized spacial score (nSPS) is 12.0. The zero-order valence-corrected chi connectivity index (χ0v) is 9.83. The van der Waals surface area contributed by atoms with Gasteiger partial charge >= 0.3 is 0 Å². The van der Waals surface area contributed by atoms with Crippen molar-refractivity contribution in [1.29, 1.82) is 0 Å². The highest BCUT2D eigenvalue weighted by molar-refractivity contribution is 5.79. The molecule has 0 aliphatic carbocycles. The van der Waals surface area contributed by atoms with Crippen molar-refractivity contribution in [1.82, 2.24) is 4.98 Å². The average Bonchev–Trinajstić information content (AvgIpc) is 2.15. The van der Waals surface area contributed by atoms with Crippen molar-refractivity contribution >= 4 is 10.9 Å². The summed E-state index contributed by atoms with van der Waals surface area (Å²) in [4.78, 5) is 4.51. The molecule has 1 heteroatoms. The Morgan fingerprint density at radius 2 is 1.80 bits per heavy atom. The Balaban J connectivity index is 2.62. The summed E-state index contributed by atoms with van der Waals surface area (Å²) in [6.07, 6.45) is 1.99. The van der Waals surface area contributed by atoms with Crippen LogP contribution in [0.5, 0.6) is 0 Å². The van der Waals surface area contributed by atoms with Gasteiger partial charge in [-0.05, 0) is 35.6 Å². The number of rotatable bonds is 0. The number of hydrogen-bond acceptors (Lipinski definition) is 1. The highest BCUT2D eigenvalue weighted by atomic mass is 14.7. The standard InChI is InChI=1S/C14H17N/c1-10-5-6-11-8-12(14(2,3)4)9-15-13(11)7-10/h5-9H,1-4H3. The van der Waals surface area contributed by atoms with Crippen molar-refractivity contribution < 1.29 is 0 Å². The Hall–Kier alpha value is -1.37. The second-order valence-corrected chi connectivity index (χ2v) is 5.17. The number of benzene rings is 1. The van der Waals surface area contributed by atoms with Crippen molar-refractivity contribution in [2.75, 3.05) is 0 Å². The van der Waals surface area contributed by atoms with Gasteiger partial charge in [0.15, 0.2) is 0 Å². The number of nitrogens with zero attached hydrogens (tertiary/aromatic N) is 1. The number of hydrogen-bond donors (Lipinski definition) is 0. The van der Waals surface area contributed by atoms with Crippen LogP contribution in [0.25, 0.3) is 10.9 Å². The first kappa shape index (κ1) is 10.2. The molecule has 0 aliphatic rings. The molecule has 1 aromatic carbocycles. The number of aromatic nitrogens is 1. The fourth-order valence-corrected chi connectivity index (χ4v) is 1.64. The zero-order valence-electron chi connectivity index (χ0n) is 9.83. The van der Waals surface area contributed by atoms with Crippen LogP contribution in [0.4, 0.5) is 0 Å². The Kier molecular flexibility index (Phi) is 2.26. The molecule has 1 heterocycles. The van der Waals surface area contributed by atoms with E-state index >= 15 is 0 Å². The smallest absolute Gasteiger partial charge is 0.0704 e. The molecule has 0 saturated heterocycles. The minimum atomic E-state index is 0.173. The molecule has 0 aliphatic heterocycles. The summed E-state index contributed by atoms with van der Waals surface area (Å²) in [7, 11) is 0. The first-order valence-electron chi connectivity index (χ1n) is 5.34. The molecule has 2 aromatic rings. The maximum atomic E-state index is 4.51. The largest absolute Gasteiger partial charge is 0.256 e. The lowest BCUT2D eigenvalue weighted by molar-refractivity contribution is 0.589. The lowest BCUT2D eigenvalue weighted by atomic mass is 9.87. The van der Waals surface area contributed by atoms with Gasteiger partial charge in [0.2, 0.25) is 0 Å². The van der Waals surface area contributed by atoms with Gasteiger partial charge in [0.25, 0.3) is 0 Å². The lowest BCUT2D eigenvalue weighted by Crippen LogP contribution is -2.11. The van der Waals surface area contributed by atoms with Gasteiger partial charge in [0.05, 0.1) is 5.52 Å². The molecule has 0 N–H and O–H groups in total. The van der Waals surface area contributed by atoms with Crippen molar-refractivity contribution in [3.05, 3.63) is 41.6 Å². The first-order chi connectivity index (χ1) is 6.97. The van der Waals surface area contributed by atoms with Gasteiger partial charge in [-0.1, -0.05) is 32.9 Å². The maximum Gasteiger partial charge on any atom is 0.0704 e. The third-order valence-corrected chi connectivity index (χ3v) is 2.71. The highest BCUT2D eigenvalue weighted by Crippen LogP contribution is 2.24. The molecule has 1 aromatic heterocycles. The van der Waals surface area contributed by atoms with E-state index in [1.54, 1.807) is 0 Å². The van der Waals surface area contributed by atoms with Crippen molar-refractivity contribution in [2.45, 2.75) is 33.1 Å². The Morgan fingerprint density at radius 1 is 1.07 bits per heavy atom. The molecule has 0 amide bonds. The molecule has 0 spiro atoms. The molecular weight excluding hydrogens is 182 g/mol. The molecular formula is C14H17N. The van der Waals surface area contributed by atoms with E-state index in [9.17, 15) is 0 Å². The fourth-order valence-electron chi connectivity index (χ4n) is 1.64. The van der Waals surface area contributed by atoms with Crippen LogP contribution in [-0.2, 0) is 5.41 Å². The third-order valence-electron chi connectivity index (χ3n) is 2.71. The Bertz CT molecular complexity index is 492. The predicted molar refractivity (Wildman–Crippen MR) is 65.2 cm³/mol. The summed E-state index contributed by atoms with van der Waals surface area (Å²) in [5, 5.41) is 1.23. The summed E-state index contributed by atoms with van der Waals surface area (Å²) < 4.78 is 0. The molecule has 2 rings (SSSR count). The average molecular weight is 199 g/mol. The van der Waals surface area contributed by atoms with Gasteiger partial charge in [-0.15, -0.1) is 0 Å². The number of pyridine rings is 1. The fraction of sp³-hybridized carbons (Fsp3) is 0.357. The van der Waals surface area contributed by atoms with E-state index in [0.717, 1.165) is 5.52 Å². The molecule has 0 radical (unpaired) electrons. The van der Waals surface area contributed by atoms with Crippen molar-refractivity contribution in [3.8, 4) is 0 Å². The molecule has 15 heavy (non-hydrogen) atoms. The molecule has 78 valence electrons. The predicted octanol–water partition coefficient (Wildman–Crippen LogP) is 3.84. The molecule has 1 nitrogen and oxygen atoms in total. The summed E-state index contributed by atoms with van der Waals surface area (Å²) in [6.45, 7) is 8.73. The third kappa shape index (κ3) is 2.01. The van der Waals surface area contributed by atoms with E-state index in [1.165, 1.54) is 16.5 Å². The van der Waals surface area contributed by atoms with Crippen LogP contribution in [0, 0.1) is 6.92 Å². The summed E-state index contributed by atoms with van der Waals surface area (Å²) in [6, 6.07) is 8.65. The molecule has 0 fully saturated rings. The van der Waals surface area contributed by atoms with Crippen molar-refractivity contribution in [3.63, 3.8) is 0 Å². The van der Waals surface area contributed by atoms with Gasteiger partial charge < -0.3 is 0 Å². The minimum Gasteiger partial charge on any atom is -0.256 e. The Morgan fingerprint density at radius 3 is 2.47 bits per heavy atom. The summed E-state index contributed by atoms with van der Waals surface area (Å²) >= 11 is 0. The van der Waals surface area contributed by atoms with Crippen LogP contribution >= 0.6 is 0 Å². The van der Waals surface area contributed by atoms with Crippen LogP contribution in [-0.4, -0.2) is 4.98 Å².